The quantitative estimate of drug-likeness (QED) is 0.492. The number of aromatic nitrogens is 3. The van der Waals surface area contributed by atoms with E-state index < -0.39 is 0 Å². The van der Waals surface area contributed by atoms with Crippen LogP contribution in [0.5, 0.6) is 23.0 Å². The van der Waals surface area contributed by atoms with Crippen LogP contribution in [0.15, 0.2) is 66.7 Å². The number of hydrogen-bond acceptors (Lipinski definition) is 7. The number of phenols is 1. The number of para-hydroxylation sites is 1. The molecule has 4 aromatic rings. The molecule has 31 heavy (non-hydrogen) atoms. The maximum absolute atomic E-state index is 10.6. The van der Waals surface area contributed by atoms with E-state index in [1.807, 2.05) is 48.5 Å². The van der Waals surface area contributed by atoms with Gasteiger partial charge in [-0.3, -0.25) is 0 Å². The van der Waals surface area contributed by atoms with Gasteiger partial charge >= 0.3 is 0 Å². The Kier molecular flexibility index (Phi) is 5.66. The van der Waals surface area contributed by atoms with E-state index in [4.69, 9.17) is 14.2 Å². The van der Waals surface area contributed by atoms with Crippen molar-refractivity contribution in [3.8, 4) is 57.2 Å². The molecule has 0 unspecified atom stereocenters. The number of methoxy groups -OCH3 is 3. The highest BCUT2D eigenvalue weighted by Gasteiger charge is 2.17. The largest absolute Gasteiger partial charge is 0.504 e. The van der Waals surface area contributed by atoms with Gasteiger partial charge < -0.3 is 19.3 Å². The predicted molar refractivity (Wildman–Crippen MR) is 117 cm³/mol. The molecule has 1 heterocycles. The maximum Gasteiger partial charge on any atom is 0.168 e. The molecule has 0 saturated heterocycles. The molecule has 0 spiro atoms. The van der Waals surface area contributed by atoms with Crippen molar-refractivity contribution in [3.63, 3.8) is 0 Å². The SMILES string of the molecule is COc1ccc(-c2nc(-c3ccc(OC)cc3)nc(-c3cccc(OC)c3O)n2)cc1. The average Bonchev–Trinajstić information content (AvgIpc) is 2.84. The molecule has 156 valence electrons. The summed E-state index contributed by atoms with van der Waals surface area (Å²) in [5, 5.41) is 10.6. The molecule has 7 heteroatoms. The van der Waals surface area contributed by atoms with Crippen molar-refractivity contribution in [3.05, 3.63) is 66.7 Å². The van der Waals surface area contributed by atoms with Gasteiger partial charge in [0.15, 0.2) is 29.0 Å². The second-order valence-corrected chi connectivity index (χ2v) is 6.62. The molecule has 1 aromatic heterocycles. The van der Waals surface area contributed by atoms with Crippen LogP contribution in [0, 0.1) is 0 Å². The van der Waals surface area contributed by atoms with Gasteiger partial charge in [-0.05, 0) is 60.7 Å². The van der Waals surface area contributed by atoms with Gasteiger partial charge in [0.25, 0.3) is 0 Å². The van der Waals surface area contributed by atoms with Crippen molar-refractivity contribution in [2.24, 2.45) is 0 Å². The predicted octanol–water partition coefficient (Wildman–Crippen LogP) is 4.60. The second-order valence-electron chi connectivity index (χ2n) is 6.62. The summed E-state index contributed by atoms with van der Waals surface area (Å²) < 4.78 is 15.7. The Bertz CT molecular complexity index is 1130. The van der Waals surface area contributed by atoms with Gasteiger partial charge in [-0.2, -0.15) is 0 Å². The fourth-order valence-electron chi connectivity index (χ4n) is 3.10. The molecule has 3 aromatic carbocycles. The summed E-state index contributed by atoms with van der Waals surface area (Å²) in [7, 11) is 4.73. The first-order chi connectivity index (χ1) is 15.1. The third-order valence-electron chi connectivity index (χ3n) is 4.79. The van der Waals surface area contributed by atoms with E-state index in [2.05, 4.69) is 15.0 Å². The number of nitrogens with zero attached hydrogens (tertiary/aromatic N) is 3. The van der Waals surface area contributed by atoms with Gasteiger partial charge in [-0.25, -0.2) is 15.0 Å². The van der Waals surface area contributed by atoms with E-state index in [0.29, 0.717) is 28.8 Å². The minimum absolute atomic E-state index is 0.0300. The lowest BCUT2D eigenvalue weighted by molar-refractivity contribution is 0.374. The van der Waals surface area contributed by atoms with Gasteiger partial charge in [0.05, 0.1) is 26.9 Å². The van der Waals surface area contributed by atoms with E-state index in [0.717, 1.165) is 22.6 Å². The minimum atomic E-state index is -0.0300. The zero-order chi connectivity index (χ0) is 21.8. The lowest BCUT2D eigenvalue weighted by Gasteiger charge is -2.11. The number of aromatic hydroxyl groups is 1. The van der Waals surface area contributed by atoms with Crippen molar-refractivity contribution in [2.75, 3.05) is 21.3 Å². The Morgan fingerprint density at radius 1 is 0.581 bits per heavy atom. The first-order valence-electron chi connectivity index (χ1n) is 9.54. The zero-order valence-corrected chi connectivity index (χ0v) is 17.4. The van der Waals surface area contributed by atoms with Gasteiger partial charge in [0.2, 0.25) is 0 Å². The summed E-state index contributed by atoms with van der Waals surface area (Å²) in [6, 6.07) is 20.1. The molecular weight excluding hydrogens is 394 g/mol. The van der Waals surface area contributed by atoms with Crippen LogP contribution in [-0.4, -0.2) is 41.4 Å². The smallest absolute Gasteiger partial charge is 0.168 e. The van der Waals surface area contributed by atoms with Crippen LogP contribution >= 0.6 is 0 Å². The Hall–Kier alpha value is -4.13. The Morgan fingerprint density at radius 2 is 1.06 bits per heavy atom. The number of rotatable bonds is 6. The molecule has 0 aliphatic heterocycles. The molecule has 7 nitrogen and oxygen atoms in total. The van der Waals surface area contributed by atoms with Crippen molar-refractivity contribution >= 4 is 0 Å². The van der Waals surface area contributed by atoms with Crippen LogP contribution < -0.4 is 14.2 Å². The minimum Gasteiger partial charge on any atom is -0.504 e. The number of ether oxygens (including phenoxy) is 3. The van der Waals surface area contributed by atoms with Crippen molar-refractivity contribution in [1.29, 1.82) is 0 Å². The molecule has 4 rings (SSSR count). The van der Waals surface area contributed by atoms with Crippen LogP contribution in [0.25, 0.3) is 34.2 Å². The monoisotopic (exact) mass is 415 g/mol. The van der Waals surface area contributed by atoms with Crippen molar-refractivity contribution in [1.82, 2.24) is 15.0 Å². The molecule has 0 bridgehead atoms. The zero-order valence-electron chi connectivity index (χ0n) is 17.4. The number of phenolic OH excluding ortho intramolecular Hbond substituents is 1. The van der Waals surface area contributed by atoms with Gasteiger partial charge in [-0.15, -0.1) is 0 Å². The first-order valence-corrected chi connectivity index (χ1v) is 9.54. The maximum atomic E-state index is 10.6. The topological polar surface area (TPSA) is 86.6 Å². The third-order valence-corrected chi connectivity index (χ3v) is 4.79. The fourth-order valence-corrected chi connectivity index (χ4v) is 3.10. The molecular formula is C24H21N3O4. The molecule has 1 N–H and O–H groups in total. The molecule has 0 radical (unpaired) electrons. The highest BCUT2D eigenvalue weighted by Crippen LogP contribution is 2.36. The van der Waals surface area contributed by atoms with E-state index in [1.54, 1.807) is 32.4 Å². The van der Waals surface area contributed by atoms with Gasteiger partial charge in [0, 0.05) is 11.1 Å². The van der Waals surface area contributed by atoms with E-state index in [9.17, 15) is 5.11 Å². The van der Waals surface area contributed by atoms with Crippen LogP contribution in [0.3, 0.4) is 0 Å². The third kappa shape index (κ3) is 4.11. The summed E-state index contributed by atoms with van der Waals surface area (Å²) in [5.74, 6) is 3.06. The Labute approximate surface area is 179 Å². The van der Waals surface area contributed by atoms with Crippen molar-refractivity contribution < 1.29 is 19.3 Å². The van der Waals surface area contributed by atoms with Crippen LogP contribution in [0.4, 0.5) is 0 Å². The number of hydrogen-bond donors (Lipinski definition) is 1. The fraction of sp³-hybridized carbons (Fsp3) is 0.125. The lowest BCUT2D eigenvalue weighted by Crippen LogP contribution is -2.00. The Morgan fingerprint density at radius 3 is 1.52 bits per heavy atom. The standard InChI is InChI=1S/C24H21N3O4/c1-29-17-11-7-15(8-12-17)22-25-23(16-9-13-18(30-2)14-10-16)27-24(26-22)19-5-4-6-20(31-3)21(19)28/h4-14,28H,1-3H3. The molecule has 0 atom stereocenters. The first kappa shape index (κ1) is 20.2. The van der Waals surface area contributed by atoms with Gasteiger partial charge in [0.1, 0.15) is 11.5 Å². The van der Waals surface area contributed by atoms with E-state index in [-0.39, 0.29) is 5.75 Å². The van der Waals surface area contributed by atoms with Crippen LogP contribution in [0.1, 0.15) is 0 Å². The second kappa shape index (κ2) is 8.71. The van der Waals surface area contributed by atoms with Gasteiger partial charge in [-0.1, -0.05) is 6.07 Å². The molecule has 0 amide bonds. The van der Waals surface area contributed by atoms with Crippen molar-refractivity contribution in [2.45, 2.75) is 0 Å². The van der Waals surface area contributed by atoms with E-state index in [1.165, 1.54) is 7.11 Å². The highest BCUT2D eigenvalue weighted by atomic mass is 16.5. The normalized spacial score (nSPS) is 10.5. The molecule has 0 saturated carbocycles. The highest BCUT2D eigenvalue weighted by molar-refractivity contribution is 5.72. The molecule has 0 aliphatic rings. The summed E-state index contributed by atoms with van der Waals surface area (Å²) in [4.78, 5) is 13.9. The lowest BCUT2D eigenvalue weighted by atomic mass is 10.1. The van der Waals surface area contributed by atoms with Crippen LogP contribution in [0.2, 0.25) is 0 Å². The summed E-state index contributed by atoms with van der Waals surface area (Å²) >= 11 is 0. The molecule has 0 aliphatic carbocycles. The summed E-state index contributed by atoms with van der Waals surface area (Å²) in [6.07, 6.45) is 0. The Balaban J connectivity index is 1.89. The van der Waals surface area contributed by atoms with Crippen LogP contribution in [-0.2, 0) is 0 Å². The molecule has 0 fully saturated rings. The number of benzene rings is 3. The average molecular weight is 415 g/mol. The summed E-state index contributed by atoms with van der Waals surface area (Å²) in [6.45, 7) is 0. The van der Waals surface area contributed by atoms with E-state index >= 15 is 0 Å². The summed E-state index contributed by atoms with van der Waals surface area (Å²) in [5.41, 5.74) is 2.04.